The molecule has 8 nitrogen and oxygen atoms in total. The van der Waals surface area contributed by atoms with Gasteiger partial charge >= 0.3 is 11.9 Å². The van der Waals surface area contributed by atoms with Gasteiger partial charge in [0.2, 0.25) is 0 Å². The molecule has 2 heterocycles. The highest BCUT2D eigenvalue weighted by Gasteiger charge is 2.41. The molecule has 0 N–H and O–H groups in total. The number of anilines is 1. The summed E-state index contributed by atoms with van der Waals surface area (Å²) in [5, 5.41) is 0. The molecule has 0 saturated carbocycles. The lowest BCUT2D eigenvalue weighted by atomic mass is 10.1. The Hall–Kier alpha value is -3.42. The number of amides is 2. The van der Waals surface area contributed by atoms with E-state index < -0.39 is 23.8 Å². The number of benzene rings is 1. The number of nitrogens with zero attached hydrogens (tertiary/aromatic N) is 2. The molecule has 0 atom stereocenters. The predicted molar refractivity (Wildman–Crippen MR) is 94.9 cm³/mol. The van der Waals surface area contributed by atoms with E-state index in [4.69, 9.17) is 9.47 Å². The molecular weight excluding hydrogens is 352 g/mol. The SMILES string of the molecule is CCOC(=O)c1cn(C)c(N2C(=O)c3ccccc3C2=O)c1C(=O)OCC. The molecule has 1 aromatic carbocycles. The monoisotopic (exact) mass is 370 g/mol. The van der Waals surface area contributed by atoms with Crippen LogP contribution in [0.25, 0.3) is 0 Å². The lowest BCUT2D eigenvalue weighted by Gasteiger charge is -2.17. The number of aromatic nitrogens is 1. The van der Waals surface area contributed by atoms with Crippen molar-refractivity contribution in [1.82, 2.24) is 4.57 Å². The van der Waals surface area contributed by atoms with Crippen LogP contribution in [0, 0.1) is 0 Å². The highest BCUT2D eigenvalue weighted by Crippen LogP contribution is 2.34. The number of aryl methyl sites for hydroxylation is 1. The van der Waals surface area contributed by atoms with Gasteiger partial charge in [-0.2, -0.15) is 0 Å². The molecule has 1 aromatic heterocycles. The highest BCUT2D eigenvalue weighted by molar-refractivity contribution is 6.35. The van der Waals surface area contributed by atoms with Gasteiger partial charge in [0, 0.05) is 13.2 Å². The molecule has 0 spiro atoms. The maximum absolute atomic E-state index is 12.8. The van der Waals surface area contributed by atoms with Gasteiger partial charge < -0.3 is 14.0 Å². The Balaban J connectivity index is 2.19. The smallest absolute Gasteiger partial charge is 0.342 e. The van der Waals surface area contributed by atoms with E-state index in [1.54, 1.807) is 26.0 Å². The van der Waals surface area contributed by atoms with Crippen molar-refractivity contribution < 1.29 is 28.7 Å². The number of ether oxygens (including phenoxy) is 2. The molecule has 2 amide bonds. The Morgan fingerprint density at radius 2 is 1.44 bits per heavy atom. The van der Waals surface area contributed by atoms with Crippen LogP contribution in [-0.2, 0) is 16.5 Å². The minimum absolute atomic E-state index is 0.0253. The maximum atomic E-state index is 12.8. The Bertz CT molecular complexity index is 924. The summed E-state index contributed by atoms with van der Waals surface area (Å²) in [6, 6.07) is 6.37. The summed E-state index contributed by atoms with van der Waals surface area (Å²) in [7, 11) is 1.53. The first-order valence-corrected chi connectivity index (χ1v) is 8.43. The van der Waals surface area contributed by atoms with Gasteiger partial charge in [0.1, 0.15) is 11.4 Å². The van der Waals surface area contributed by atoms with Gasteiger partial charge in [0.05, 0.1) is 29.9 Å². The van der Waals surface area contributed by atoms with Crippen molar-refractivity contribution in [3.05, 3.63) is 52.7 Å². The van der Waals surface area contributed by atoms with Crippen LogP contribution in [0.1, 0.15) is 55.3 Å². The van der Waals surface area contributed by atoms with Crippen molar-refractivity contribution >= 4 is 29.6 Å². The van der Waals surface area contributed by atoms with Crippen molar-refractivity contribution in [3.63, 3.8) is 0 Å². The van der Waals surface area contributed by atoms with E-state index in [0.717, 1.165) is 4.90 Å². The third-order valence-corrected chi connectivity index (χ3v) is 4.13. The zero-order chi connectivity index (χ0) is 19.7. The first kappa shape index (κ1) is 18.4. The minimum atomic E-state index is -0.812. The van der Waals surface area contributed by atoms with E-state index in [9.17, 15) is 19.2 Å². The van der Waals surface area contributed by atoms with Crippen LogP contribution >= 0.6 is 0 Å². The van der Waals surface area contributed by atoms with Gasteiger partial charge in [-0.25, -0.2) is 14.5 Å². The summed E-state index contributed by atoms with van der Waals surface area (Å²) in [6.07, 6.45) is 1.35. The molecule has 0 unspecified atom stereocenters. The predicted octanol–water partition coefficient (Wildman–Crippen LogP) is 2.18. The van der Waals surface area contributed by atoms with E-state index in [2.05, 4.69) is 0 Å². The second kappa shape index (κ2) is 7.06. The van der Waals surface area contributed by atoms with Crippen molar-refractivity contribution in [2.45, 2.75) is 13.8 Å². The van der Waals surface area contributed by atoms with Crippen LogP contribution in [0.5, 0.6) is 0 Å². The second-order valence-corrected chi connectivity index (χ2v) is 5.78. The van der Waals surface area contributed by atoms with Crippen LogP contribution < -0.4 is 4.90 Å². The van der Waals surface area contributed by atoms with E-state index in [-0.39, 0.29) is 41.3 Å². The Labute approximate surface area is 155 Å². The molecule has 0 aliphatic carbocycles. The lowest BCUT2D eigenvalue weighted by Crippen LogP contribution is -2.32. The van der Waals surface area contributed by atoms with Gasteiger partial charge in [0.15, 0.2) is 0 Å². The van der Waals surface area contributed by atoms with Crippen molar-refractivity contribution in [2.24, 2.45) is 7.05 Å². The first-order chi connectivity index (χ1) is 12.9. The average molecular weight is 370 g/mol. The maximum Gasteiger partial charge on any atom is 0.342 e. The summed E-state index contributed by atoms with van der Waals surface area (Å²) >= 11 is 0. The molecule has 0 bridgehead atoms. The summed E-state index contributed by atoms with van der Waals surface area (Å²) in [5.41, 5.74) is 0.226. The largest absolute Gasteiger partial charge is 0.462 e. The number of carbonyl (C=O) groups is 4. The Morgan fingerprint density at radius 1 is 0.926 bits per heavy atom. The molecule has 2 aromatic rings. The molecule has 140 valence electrons. The van der Waals surface area contributed by atoms with Crippen LogP contribution in [-0.4, -0.2) is 41.5 Å². The van der Waals surface area contributed by atoms with Crippen LogP contribution in [0.2, 0.25) is 0 Å². The van der Waals surface area contributed by atoms with E-state index >= 15 is 0 Å². The number of rotatable bonds is 5. The number of imide groups is 1. The standard InChI is InChI=1S/C19H18N2O6/c1-4-26-18(24)13-10-20(3)15(14(13)19(25)27-5-2)21-16(22)11-8-6-7-9-12(11)17(21)23/h6-10H,4-5H2,1-3H3. The summed E-state index contributed by atoms with van der Waals surface area (Å²) in [6.45, 7) is 3.43. The Kier molecular flexibility index (Phi) is 4.81. The van der Waals surface area contributed by atoms with E-state index in [1.165, 1.54) is 29.9 Å². The third kappa shape index (κ3) is 2.88. The molecule has 1 aliphatic heterocycles. The fraction of sp³-hybridized carbons (Fsp3) is 0.263. The molecule has 0 saturated heterocycles. The second-order valence-electron chi connectivity index (χ2n) is 5.78. The fourth-order valence-corrected chi connectivity index (χ4v) is 3.04. The molecule has 0 radical (unpaired) electrons. The summed E-state index contributed by atoms with van der Waals surface area (Å²) in [5.74, 6) is -2.72. The topological polar surface area (TPSA) is 94.9 Å². The zero-order valence-corrected chi connectivity index (χ0v) is 15.1. The van der Waals surface area contributed by atoms with Gasteiger partial charge in [-0.1, -0.05) is 12.1 Å². The van der Waals surface area contributed by atoms with E-state index in [1.807, 2.05) is 0 Å². The van der Waals surface area contributed by atoms with Crippen LogP contribution in [0.3, 0.4) is 0 Å². The number of esters is 2. The number of fused-ring (bicyclic) bond motifs is 1. The summed E-state index contributed by atoms with van der Waals surface area (Å²) in [4.78, 5) is 51.4. The summed E-state index contributed by atoms with van der Waals surface area (Å²) < 4.78 is 11.4. The number of hydrogen-bond acceptors (Lipinski definition) is 6. The van der Waals surface area contributed by atoms with Crippen molar-refractivity contribution in [2.75, 3.05) is 18.1 Å². The number of hydrogen-bond donors (Lipinski definition) is 0. The minimum Gasteiger partial charge on any atom is -0.462 e. The molecule has 1 aliphatic rings. The van der Waals surface area contributed by atoms with Crippen molar-refractivity contribution in [3.8, 4) is 0 Å². The molecule has 3 rings (SSSR count). The first-order valence-electron chi connectivity index (χ1n) is 8.43. The fourth-order valence-electron chi connectivity index (χ4n) is 3.04. The molecular formula is C19H18N2O6. The van der Waals surface area contributed by atoms with Gasteiger partial charge in [0.25, 0.3) is 11.8 Å². The average Bonchev–Trinajstić information content (AvgIpc) is 3.11. The third-order valence-electron chi connectivity index (χ3n) is 4.13. The quantitative estimate of drug-likeness (QED) is 0.591. The van der Waals surface area contributed by atoms with Gasteiger partial charge in [-0.3, -0.25) is 9.59 Å². The number of carbonyl (C=O) groups excluding carboxylic acids is 4. The Morgan fingerprint density at radius 3 is 1.96 bits per heavy atom. The highest BCUT2D eigenvalue weighted by atomic mass is 16.5. The zero-order valence-electron chi connectivity index (χ0n) is 15.1. The normalized spacial score (nSPS) is 12.9. The van der Waals surface area contributed by atoms with Gasteiger partial charge in [-0.05, 0) is 26.0 Å². The van der Waals surface area contributed by atoms with Crippen LogP contribution in [0.4, 0.5) is 5.82 Å². The molecule has 0 fully saturated rings. The lowest BCUT2D eigenvalue weighted by molar-refractivity contribution is 0.0480. The van der Waals surface area contributed by atoms with Crippen molar-refractivity contribution in [1.29, 1.82) is 0 Å². The van der Waals surface area contributed by atoms with Crippen LogP contribution in [0.15, 0.2) is 30.5 Å². The molecule has 27 heavy (non-hydrogen) atoms. The molecule has 8 heteroatoms. The van der Waals surface area contributed by atoms with Gasteiger partial charge in [-0.15, -0.1) is 0 Å². The van der Waals surface area contributed by atoms with E-state index in [0.29, 0.717) is 0 Å².